The Bertz CT molecular complexity index is 797. The number of rotatable bonds is 5. The van der Waals surface area contributed by atoms with Gasteiger partial charge in [0, 0.05) is 0 Å². The van der Waals surface area contributed by atoms with Crippen LogP contribution in [-0.4, -0.2) is 27.5 Å². The third-order valence-corrected chi connectivity index (χ3v) is 3.71. The van der Waals surface area contributed by atoms with Crippen LogP contribution in [0.2, 0.25) is 0 Å². The molecule has 0 saturated carbocycles. The number of aliphatic carboxylic acids is 1. The van der Waals surface area contributed by atoms with Gasteiger partial charge in [-0.05, 0) is 25.0 Å². The molecule has 1 aromatic carbocycles. The maximum Gasteiger partial charge on any atom is 0.261 e. The first-order valence-electron chi connectivity index (χ1n) is 7.30. The molecule has 0 saturated heterocycles. The predicted octanol–water partition coefficient (Wildman–Crippen LogP) is -0.152. The molecule has 0 fully saturated rings. The summed E-state index contributed by atoms with van der Waals surface area (Å²) in [6.45, 7) is 4.84. The highest BCUT2D eigenvalue weighted by atomic mass is 16.4. The second kappa shape index (κ2) is 6.60. The highest BCUT2D eigenvalue weighted by molar-refractivity contribution is 5.85. The minimum absolute atomic E-state index is 0.331. The molecule has 7 nitrogen and oxygen atoms in total. The van der Waals surface area contributed by atoms with Crippen LogP contribution in [0.4, 0.5) is 0 Å². The van der Waals surface area contributed by atoms with E-state index in [1.165, 1.54) is 17.8 Å². The largest absolute Gasteiger partial charge is 0.548 e. The van der Waals surface area contributed by atoms with Crippen molar-refractivity contribution >= 4 is 22.8 Å². The fourth-order valence-corrected chi connectivity index (χ4v) is 2.26. The fraction of sp³-hybridized carbons (Fsp3) is 0.375. The second-order valence-corrected chi connectivity index (χ2v) is 5.70. The first-order chi connectivity index (χ1) is 10.8. The van der Waals surface area contributed by atoms with Gasteiger partial charge in [-0.15, -0.1) is 0 Å². The molecule has 23 heavy (non-hydrogen) atoms. The van der Waals surface area contributed by atoms with Gasteiger partial charge in [-0.25, -0.2) is 4.98 Å². The number of carbonyl (C=O) groups is 2. The van der Waals surface area contributed by atoms with Crippen LogP contribution in [0.25, 0.3) is 10.9 Å². The lowest BCUT2D eigenvalue weighted by atomic mass is 10.0. The monoisotopic (exact) mass is 316 g/mol. The summed E-state index contributed by atoms with van der Waals surface area (Å²) in [6, 6.07) is 4.81. The second-order valence-electron chi connectivity index (χ2n) is 5.70. The fourth-order valence-electron chi connectivity index (χ4n) is 2.26. The zero-order valence-corrected chi connectivity index (χ0v) is 13.1. The molecule has 0 aliphatic carbocycles. The molecule has 122 valence electrons. The predicted molar refractivity (Wildman–Crippen MR) is 82.5 cm³/mol. The van der Waals surface area contributed by atoms with E-state index in [2.05, 4.69) is 10.3 Å². The van der Waals surface area contributed by atoms with Crippen molar-refractivity contribution in [3.8, 4) is 0 Å². The molecule has 1 heterocycles. The average Bonchev–Trinajstić information content (AvgIpc) is 2.51. The highest BCUT2D eigenvalue weighted by Crippen LogP contribution is 2.10. The van der Waals surface area contributed by atoms with Gasteiger partial charge in [-0.1, -0.05) is 26.0 Å². The number of carbonyl (C=O) groups excluding carboxylic acids is 2. The summed E-state index contributed by atoms with van der Waals surface area (Å²) < 4.78 is 1.18. The maximum atomic E-state index is 12.4. The summed E-state index contributed by atoms with van der Waals surface area (Å²) in [7, 11) is 0. The molecule has 1 amide bonds. The minimum atomic E-state index is -1.36. The van der Waals surface area contributed by atoms with Crippen LogP contribution in [0.3, 0.4) is 0 Å². The third kappa shape index (κ3) is 3.39. The topological polar surface area (TPSA) is 104 Å². The van der Waals surface area contributed by atoms with E-state index < -0.39 is 24.0 Å². The Hall–Kier alpha value is -2.70. The summed E-state index contributed by atoms with van der Waals surface area (Å²) in [5, 5.41) is 13.9. The van der Waals surface area contributed by atoms with Gasteiger partial charge in [0.1, 0.15) is 6.04 Å². The van der Waals surface area contributed by atoms with Gasteiger partial charge in [0.05, 0.1) is 29.2 Å². The van der Waals surface area contributed by atoms with Crippen LogP contribution in [0.5, 0.6) is 0 Å². The molecule has 0 unspecified atom stereocenters. The number of hydrogen-bond donors (Lipinski definition) is 1. The van der Waals surface area contributed by atoms with E-state index in [0.29, 0.717) is 10.9 Å². The molecule has 1 aromatic heterocycles. The Morgan fingerprint density at radius 3 is 2.48 bits per heavy atom. The van der Waals surface area contributed by atoms with E-state index in [1.807, 2.05) is 0 Å². The molecular weight excluding hydrogens is 298 g/mol. The smallest absolute Gasteiger partial charge is 0.261 e. The van der Waals surface area contributed by atoms with Crippen molar-refractivity contribution in [3.05, 3.63) is 40.9 Å². The molecule has 0 radical (unpaired) electrons. The van der Waals surface area contributed by atoms with Crippen LogP contribution in [0.1, 0.15) is 26.8 Å². The lowest BCUT2D eigenvalue weighted by Crippen LogP contribution is -2.52. The van der Waals surface area contributed by atoms with Crippen LogP contribution in [-0.2, 0) is 9.59 Å². The molecule has 7 heteroatoms. The molecule has 0 bridgehead atoms. The average molecular weight is 316 g/mol. The van der Waals surface area contributed by atoms with Crippen molar-refractivity contribution < 1.29 is 14.7 Å². The van der Waals surface area contributed by atoms with E-state index >= 15 is 0 Å². The standard InChI is InChI=1S/C16H19N3O4/c1-9(2)13(16(22)23)18-14(20)10(3)19-8-17-12-7-5-4-6-11(12)15(19)21/h4-10,13H,1-3H3,(H,18,20)(H,22,23)/p-1/t10-,13-/m0/s1. The molecule has 0 spiro atoms. The lowest BCUT2D eigenvalue weighted by molar-refractivity contribution is -0.309. The number of fused-ring (bicyclic) bond motifs is 1. The van der Waals surface area contributed by atoms with Gasteiger partial charge in [0.25, 0.3) is 5.56 Å². The van der Waals surface area contributed by atoms with Gasteiger partial charge >= 0.3 is 0 Å². The van der Waals surface area contributed by atoms with Crippen LogP contribution < -0.4 is 16.0 Å². The summed E-state index contributed by atoms with van der Waals surface area (Å²) in [4.78, 5) is 39.9. The molecular formula is C16H18N3O4-. The summed E-state index contributed by atoms with van der Waals surface area (Å²) in [5.74, 6) is -2.26. The molecule has 2 rings (SSSR count). The van der Waals surface area contributed by atoms with E-state index in [-0.39, 0.29) is 11.5 Å². The summed E-state index contributed by atoms with van der Waals surface area (Å²) >= 11 is 0. The van der Waals surface area contributed by atoms with Crippen molar-refractivity contribution in [1.82, 2.24) is 14.9 Å². The molecule has 0 aliphatic rings. The third-order valence-electron chi connectivity index (χ3n) is 3.71. The normalized spacial score (nSPS) is 13.7. The van der Waals surface area contributed by atoms with Gasteiger partial charge in [-0.2, -0.15) is 0 Å². The number of nitrogens with zero attached hydrogens (tertiary/aromatic N) is 2. The number of amides is 1. The lowest BCUT2D eigenvalue weighted by Gasteiger charge is -2.25. The molecule has 2 aromatic rings. The Balaban J connectivity index is 2.31. The number of nitrogens with one attached hydrogen (secondary N) is 1. The minimum Gasteiger partial charge on any atom is -0.548 e. The van der Waals surface area contributed by atoms with Crippen molar-refractivity contribution in [2.75, 3.05) is 0 Å². The maximum absolute atomic E-state index is 12.4. The van der Waals surface area contributed by atoms with E-state index in [9.17, 15) is 19.5 Å². The van der Waals surface area contributed by atoms with Gasteiger partial charge < -0.3 is 15.2 Å². The van der Waals surface area contributed by atoms with Crippen LogP contribution in [0.15, 0.2) is 35.4 Å². The first-order valence-corrected chi connectivity index (χ1v) is 7.30. The first kappa shape index (κ1) is 16.7. The van der Waals surface area contributed by atoms with Crippen molar-refractivity contribution in [2.45, 2.75) is 32.9 Å². The van der Waals surface area contributed by atoms with Crippen LogP contribution >= 0.6 is 0 Å². The molecule has 1 N–H and O–H groups in total. The Morgan fingerprint density at radius 1 is 1.22 bits per heavy atom. The quantitative estimate of drug-likeness (QED) is 0.826. The summed E-state index contributed by atoms with van der Waals surface area (Å²) in [6.07, 6.45) is 1.29. The van der Waals surface area contributed by atoms with Gasteiger partial charge in [-0.3, -0.25) is 14.2 Å². The Kier molecular flexibility index (Phi) is 4.78. The number of carboxylic acids is 1. The molecule has 0 aliphatic heterocycles. The Labute approximate surface area is 133 Å². The number of benzene rings is 1. The number of para-hydroxylation sites is 1. The Morgan fingerprint density at radius 2 is 1.87 bits per heavy atom. The number of carboxylic acid groups (broad SMARTS) is 1. The van der Waals surface area contributed by atoms with Crippen LogP contribution in [0, 0.1) is 5.92 Å². The summed E-state index contributed by atoms with van der Waals surface area (Å²) in [5.41, 5.74) is 0.184. The van der Waals surface area contributed by atoms with Gasteiger partial charge in [0.15, 0.2) is 0 Å². The van der Waals surface area contributed by atoms with E-state index in [1.54, 1.807) is 38.1 Å². The van der Waals surface area contributed by atoms with E-state index in [0.717, 1.165) is 0 Å². The molecule has 2 atom stereocenters. The number of hydrogen-bond acceptors (Lipinski definition) is 5. The van der Waals surface area contributed by atoms with Gasteiger partial charge in [0.2, 0.25) is 5.91 Å². The highest BCUT2D eigenvalue weighted by Gasteiger charge is 2.23. The van der Waals surface area contributed by atoms with Crippen molar-refractivity contribution in [3.63, 3.8) is 0 Å². The van der Waals surface area contributed by atoms with Crippen molar-refractivity contribution in [2.24, 2.45) is 5.92 Å². The zero-order valence-electron chi connectivity index (χ0n) is 13.1. The number of aromatic nitrogens is 2. The SMILES string of the molecule is CC(C)[C@H](NC(=O)[C@H](C)n1cnc2ccccc2c1=O)C(=O)[O-]. The van der Waals surface area contributed by atoms with E-state index in [4.69, 9.17) is 0 Å². The zero-order chi connectivity index (χ0) is 17.1. The van der Waals surface area contributed by atoms with Crippen molar-refractivity contribution in [1.29, 1.82) is 0 Å².